The molecule has 0 unspecified atom stereocenters. The van der Waals surface area contributed by atoms with Crippen LogP contribution >= 0.6 is 0 Å². The molecule has 0 N–H and O–H groups in total. The summed E-state index contributed by atoms with van der Waals surface area (Å²) in [5.41, 5.74) is 4.72. The van der Waals surface area contributed by atoms with Crippen LogP contribution in [0, 0.1) is 25.2 Å². The van der Waals surface area contributed by atoms with Crippen LogP contribution in [0.4, 0.5) is 0 Å². The summed E-state index contributed by atoms with van der Waals surface area (Å²) in [6, 6.07) is 16.7. The molecule has 18 heavy (non-hydrogen) atoms. The van der Waals surface area contributed by atoms with Gasteiger partial charge in [-0.25, -0.2) is 0 Å². The van der Waals surface area contributed by atoms with Crippen molar-refractivity contribution in [3.8, 4) is 11.8 Å². The molecule has 0 atom stereocenters. The van der Waals surface area contributed by atoms with Crippen molar-refractivity contribution in [2.45, 2.75) is 20.3 Å². The van der Waals surface area contributed by atoms with Gasteiger partial charge in [0.2, 0.25) is 0 Å². The summed E-state index contributed by atoms with van der Waals surface area (Å²) in [4.78, 5) is 0. The van der Waals surface area contributed by atoms with Gasteiger partial charge in [-0.05, 0) is 49.6 Å². The minimum absolute atomic E-state index is 1.00. The Morgan fingerprint density at radius 3 is 2.39 bits per heavy atom. The predicted octanol–water partition coefficient (Wildman–Crippen LogP) is 4.16. The molecule has 0 saturated carbocycles. The number of hydrogen-bond donors (Lipinski definition) is 0. The maximum Gasteiger partial charge on any atom is 0.0251 e. The zero-order chi connectivity index (χ0) is 12.8. The minimum Gasteiger partial charge on any atom is -0.0619 e. The van der Waals surface area contributed by atoms with Crippen molar-refractivity contribution >= 4 is 0 Å². The lowest BCUT2D eigenvalue weighted by Gasteiger charge is -1.98. The third-order valence-electron chi connectivity index (χ3n) is 2.77. The molecule has 2 rings (SSSR count). The van der Waals surface area contributed by atoms with Crippen molar-refractivity contribution in [2.24, 2.45) is 0 Å². The summed E-state index contributed by atoms with van der Waals surface area (Å²) in [6.45, 7) is 4.16. The summed E-state index contributed by atoms with van der Waals surface area (Å²) in [7, 11) is 0. The second kappa shape index (κ2) is 6.07. The highest BCUT2D eigenvalue weighted by Gasteiger charge is 1.92. The SMILES string of the molecule is C[CH]Cc1cccc(C#Cc2ccc(C)cc2)c1. The van der Waals surface area contributed by atoms with Crippen molar-refractivity contribution in [3.63, 3.8) is 0 Å². The molecule has 0 heterocycles. The molecular weight excluding hydrogens is 216 g/mol. The highest BCUT2D eigenvalue weighted by Crippen LogP contribution is 2.07. The van der Waals surface area contributed by atoms with E-state index in [1.165, 1.54) is 11.1 Å². The van der Waals surface area contributed by atoms with Crippen LogP contribution in [0.25, 0.3) is 0 Å². The molecule has 0 aliphatic heterocycles. The smallest absolute Gasteiger partial charge is 0.0251 e. The number of aryl methyl sites for hydroxylation is 1. The van der Waals surface area contributed by atoms with Crippen LogP contribution < -0.4 is 0 Å². The van der Waals surface area contributed by atoms with E-state index in [-0.39, 0.29) is 0 Å². The zero-order valence-corrected chi connectivity index (χ0v) is 10.9. The summed E-state index contributed by atoms with van der Waals surface area (Å²) in [5.74, 6) is 6.41. The van der Waals surface area contributed by atoms with Crippen molar-refractivity contribution < 1.29 is 0 Å². The molecule has 0 spiro atoms. The molecule has 0 amide bonds. The summed E-state index contributed by atoms with van der Waals surface area (Å²) < 4.78 is 0. The molecule has 2 aromatic rings. The molecule has 0 saturated heterocycles. The minimum atomic E-state index is 1.00. The Morgan fingerprint density at radius 1 is 0.944 bits per heavy atom. The van der Waals surface area contributed by atoms with E-state index in [0.29, 0.717) is 0 Å². The van der Waals surface area contributed by atoms with Crippen LogP contribution in [0.2, 0.25) is 0 Å². The van der Waals surface area contributed by atoms with Gasteiger partial charge >= 0.3 is 0 Å². The van der Waals surface area contributed by atoms with Crippen molar-refractivity contribution in [1.82, 2.24) is 0 Å². The van der Waals surface area contributed by atoms with Crippen LogP contribution in [0.1, 0.15) is 29.2 Å². The summed E-state index contributed by atoms with van der Waals surface area (Å²) in [6.07, 6.45) is 3.16. The first-order valence-corrected chi connectivity index (χ1v) is 6.23. The molecule has 0 aromatic heterocycles. The van der Waals surface area contributed by atoms with Gasteiger partial charge in [0.15, 0.2) is 0 Å². The van der Waals surface area contributed by atoms with E-state index >= 15 is 0 Å². The monoisotopic (exact) mass is 233 g/mol. The van der Waals surface area contributed by atoms with Crippen LogP contribution in [0.3, 0.4) is 0 Å². The molecule has 89 valence electrons. The second-order valence-electron chi connectivity index (χ2n) is 4.43. The van der Waals surface area contributed by atoms with Gasteiger partial charge in [0.25, 0.3) is 0 Å². The molecule has 0 heteroatoms. The molecular formula is C18H17. The lowest BCUT2D eigenvalue weighted by molar-refractivity contribution is 1.14. The van der Waals surface area contributed by atoms with Crippen molar-refractivity contribution in [2.75, 3.05) is 0 Å². The topological polar surface area (TPSA) is 0 Å². The van der Waals surface area contributed by atoms with Gasteiger partial charge in [-0.3, -0.25) is 0 Å². The zero-order valence-electron chi connectivity index (χ0n) is 10.9. The largest absolute Gasteiger partial charge is 0.0619 e. The fourth-order valence-corrected chi connectivity index (χ4v) is 1.79. The van der Waals surface area contributed by atoms with E-state index in [1.54, 1.807) is 0 Å². The van der Waals surface area contributed by atoms with Gasteiger partial charge in [0.1, 0.15) is 0 Å². The van der Waals surface area contributed by atoms with Crippen molar-refractivity contribution in [3.05, 3.63) is 77.2 Å². The molecule has 0 fully saturated rings. The van der Waals surface area contributed by atoms with Crippen LogP contribution in [-0.4, -0.2) is 0 Å². The van der Waals surface area contributed by atoms with Gasteiger partial charge in [0, 0.05) is 11.1 Å². The number of benzene rings is 2. The molecule has 2 aromatic carbocycles. The first kappa shape index (κ1) is 12.5. The maximum atomic E-state index is 3.22. The summed E-state index contributed by atoms with van der Waals surface area (Å²) >= 11 is 0. The molecule has 1 radical (unpaired) electrons. The Bertz CT molecular complexity index is 565. The second-order valence-corrected chi connectivity index (χ2v) is 4.43. The highest BCUT2D eigenvalue weighted by atomic mass is 14.0. The maximum absolute atomic E-state index is 3.22. The first-order chi connectivity index (χ1) is 8.78. The Kier molecular flexibility index (Phi) is 4.20. The Morgan fingerprint density at radius 2 is 1.67 bits per heavy atom. The van der Waals surface area contributed by atoms with E-state index in [0.717, 1.165) is 17.5 Å². The summed E-state index contributed by atoms with van der Waals surface area (Å²) in [5, 5.41) is 0. The Hall–Kier alpha value is -2.00. The lowest BCUT2D eigenvalue weighted by atomic mass is 10.1. The quantitative estimate of drug-likeness (QED) is 0.683. The molecule has 0 bridgehead atoms. The van der Waals surface area contributed by atoms with Gasteiger partial charge in [-0.15, -0.1) is 0 Å². The number of rotatable bonds is 2. The average molecular weight is 233 g/mol. The third-order valence-corrected chi connectivity index (χ3v) is 2.77. The van der Waals surface area contributed by atoms with E-state index in [1.807, 2.05) is 0 Å². The fraction of sp³-hybridized carbons (Fsp3) is 0.167. The predicted molar refractivity (Wildman–Crippen MR) is 77.3 cm³/mol. The fourth-order valence-electron chi connectivity index (χ4n) is 1.79. The molecule has 0 aliphatic carbocycles. The van der Waals surface area contributed by atoms with Gasteiger partial charge in [0.05, 0.1) is 0 Å². The average Bonchev–Trinajstić information content (AvgIpc) is 2.39. The van der Waals surface area contributed by atoms with Crippen LogP contribution in [-0.2, 0) is 6.42 Å². The third kappa shape index (κ3) is 3.50. The standard InChI is InChI=1S/C18H17/c1-3-5-17-6-4-7-18(14-17)13-12-16-10-8-15(2)9-11-16/h3-4,6-11,14H,5H2,1-2H3. The van der Waals surface area contributed by atoms with Gasteiger partial charge in [-0.1, -0.05) is 48.6 Å². The van der Waals surface area contributed by atoms with Crippen molar-refractivity contribution in [1.29, 1.82) is 0 Å². The van der Waals surface area contributed by atoms with Crippen LogP contribution in [0.5, 0.6) is 0 Å². The number of hydrogen-bond acceptors (Lipinski definition) is 0. The molecule has 0 aliphatic rings. The first-order valence-electron chi connectivity index (χ1n) is 6.23. The highest BCUT2D eigenvalue weighted by molar-refractivity contribution is 5.44. The van der Waals surface area contributed by atoms with Crippen LogP contribution in [0.15, 0.2) is 48.5 Å². The van der Waals surface area contributed by atoms with E-state index < -0.39 is 0 Å². The Labute approximate surface area is 110 Å². The van der Waals surface area contributed by atoms with E-state index in [9.17, 15) is 0 Å². The van der Waals surface area contributed by atoms with Gasteiger partial charge in [-0.2, -0.15) is 0 Å². The van der Waals surface area contributed by atoms with E-state index in [4.69, 9.17) is 0 Å². The Balaban J connectivity index is 2.18. The lowest BCUT2D eigenvalue weighted by Crippen LogP contribution is -1.84. The molecule has 0 nitrogen and oxygen atoms in total. The van der Waals surface area contributed by atoms with Gasteiger partial charge < -0.3 is 0 Å². The normalized spacial score (nSPS) is 9.67. The van der Waals surface area contributed by atoms with E-state index in [2.05, 4.69) is 80.6 Å².